The molecular weight excluding hydrogens is 367 g/mol. The molecule has 25 heavy (non-hydrogen) atoms. The number of hydrogen-bond donors (Lipinski definition) is 1. The zero-order valence-electron chi connectivity index (χ0n) is 14.3. The second-order valence-electron chi connectivity index (χ2n) is 5.42. The van der Waals surface area contributed by atoms with Gasteiger partial charge in [0.2, 0.25) is 0 Å². The molecule has 0 unspecified atom stereocenters. The fourth-order valence-corrected chi connectivity index (χ4v) is 3.21. The Morgan fingerprint density at radius 3 is 2.64 bits per heavy atom. The molecule has 2 rings (SSSR count). The molecule has 1 aliphatic heterocycles. The van der Waals surface area contributed by atoms with Crippen molar-refractivity contribution in [1.29, 1.82) is 0 Å². The lowest BCUT2D eigenvalue weighted by Gasteiger charge is -2.35. The van der Waals surface area contributed by atoms with Gasteiger partial charge in [-0.15, -0.1) is 0 Å². The lowest BCUT2D eigenvalue weighted by atomic mass is 9.95. The molecule has 1 atom stereocenters. The third-order valence-electron chi connectivity index (χ3n) is 3.93. The number of ether oxygens (including phenoxy) is 2. The van der Waals surface area contributed by atoms with Crippen LogP contribution in [-0.2, 0) is 14.3 Å². The molecule has 0 saturated carbocycles. The first kappa shape index (κ1) is 19.6. The highest BCUT2D eigenvalue weighted by molar-refractivity contribution is 6.35. The van der Waals surface area contributed by atoms with Crippen LogP contribution in [0.1, 0.15) is 25.5 Å². The molecule has 0 spiro atoms. The molecule has 0 saturated heterocycles. The minimum Gasteiger partial charge on any atom is -0.460 e. The zero-order valence-corrected chi connectivity index (χ0v) is 15.8. The van der Waals surface area contributed by atoms with E-state index in [9.17, 15) is 9.59 Å². The van der Waals surface area contributed by atoms with Crippen molar-refractivity contribution in [2.24, 2.45) is 0 Å². The van der Waals surface area contributed by atoms with E-state index in [1.54, 1.807) is 25.1 Å². The highest BCUT2D eigenvalue weighted by atomic mass is 35.5. The second-order valence-corrected chi connectivity index (χ2v) is 6.26. The topological polar surface area (TPSA) is 67.9 Å². The number of halogens is 2. The van der Waals surface area contributed by atoms with E-state index in [4.69, 9.17) is 32.7 Å². The van der Waals surface area contributed by atoms with E-state index >= 15 is 0 Å². The smallest absolute Gasteiger partial charge is 0.338 e. The van der Waals surface area contributed by atoms with Crippen LogP contribution in [-0.4, -0.2) is 43.8 Å². The third kappa shape index (κ3) is 4.26. The number of nitrogens with one attached hydrogen (secondary N) is 1. The van der Waals surface area contributed by atoms with Crippen molar-refractivity contribution in [3.8, 4) is 0 Å². The van der Waals surface area contributed by atoms with Crippen LogP contribution in [0.15, 0.2) is 29.5 Å². The first-order valence-corrected chi connectivity index (χ1v) is 8.56. The van der Waals surface area contributed by atoms with Crippen LogP contribution in [0.5, 0.6) is 0 Å². The highest BCUT2D eigenvalue weighted by Crippen LogP contribution is 2.35. The van der Waals surface area contributed by atoms with Crippen molar-refractivity contribution in [3.63, 3.8) is 0 Å². The number of benzene rings is 1. The predicted octanol–water partition coefficient (Wildman–Crippen LogP) is 3.54. The summed E-state index contributed by atoms with van der Waals surface area (Å²) in [7, 11) is 1.52. The van der Waals surface area contributed by atoms with Crippen LogP contribution in [0.2, 0.25) is 10.0 Å². The maximum absolute atomic E-state index is 12.6. The molecule has 1 N–H and O–H groups in total. The van der Waals surface area contributed by atoms with Gasteiger partial charge in [0.1, 0.15) is 6.61 Å². The van der Waals surface area contributed by atoms with Crippen LogP contribution >= 0.6 is 23.2 Å². The lowest BCUT2D eigenvalue weighted by Crippen LogP contribution is -2.48. The fraction of sp³-hybridized carbons (Fsp3) is 0.412. The summed E-state index contributed by atoms with van der Waals surface area (Å²) < 4.78 is 10.2. The Morgan fingerprint density at radius 1 is 1.32 bits per heavy atom. The first-order valence-electron chi connectivity index (χ1n) is 7.80. The van der Waals surface area contributed by atoms with Gasteiger partial charge in [-0.3, -0.25) is 4.90 Å². The molecule has 1 aromatic rings. The van der Waals surface area contributed by atoms with Gasteiger partial charge >= 0.3 is 12.0 Å². The predicted molar refractivity (Wildman–Crippen MR) is 95.6 cm³/mol. The largest absolute Gasteiger partial charge is 0.460 e. The number of nitrogens with zero attached hydrogens (tertiary/aromatic N) is 1. The molecule has 1 aliphatic rings. The molecule has 6 nitrogen and oxygen atoms in total. The monoisotopic (exact) mass is 386 g/mol. The summed E-state index contributed by atoms with van der Waals surface area (Å²) in [5, 5.41) is 3.64. The standard InChI is InChI=1S/C17H20Cl2N2O4/c1-4-21-10(2)14(16(22)25-8-7-24-3)15(20-17(21)23)12-6-5-11(18)9-13(12)19/h5-6,9,15H,4,7-8H2,1-3H3,(H,20,23)/t15-/m0/s1. The highest BCUT2D eigenvalue weighted by Gasteiger charge is 2.36. The van der Waals surface area contributed by atoms with E-state index < -0.39 is 12.0 Å². The Morgan fingerprint density at radius 2 is 2.04 bits per heavy atom. The van der Waals surface area contributed by atoms with Gasteiger partial charge in [-0.05, 0) is 31.5 Å². The average molecular weight is 387 g/mol. The van der Waals surface area contributed by atoms with Crippen LogP contribution < -0.4 is 5.32 Å². The number of amides is 2. The Labute approximate surface area is 156 Å². The summed E-state index contributed by atoms with van der Waals surface area (Å²) in [6, 6.07) is 3.90. The van der Waals surface area contributed by atoms with Crippen molar-refractivity contribution >= 4 is 35.2 Å². The SMILES string of the molecule is CCN1C(=O)N[C@@H](c2ccc(Cl)cc2Cl)C(C(=O)OCCOC)=C1C. The number of methoxy groups -OCH3 is 1. The van der Waals surface area contributed by atoms with Gasteiger partial charge in [-0.2, -0.15) is 0 Å². The number of allylic oxidation sites excluding steroid dienone is 1. The number of carbonyl (C=O) groups excluding carboxylic acids is 2. The molecule has 8 heteroatoms. The van der Waals surface area contributed by atoms with Crippen LogP contribution in [0.3, 0.4) is 0 Å². The third-order valence-corrected chi connectivity index (χ3v) is 4.49. The normalized spacial score (nSPS) is 17.6. The van der Waals surface area contributed by atoms with Crippen molar-refractivity contribution < 1.29 is 19.1 Å². The van der Waals surface area contributed by atoms with Crippen molar-refractivity contribution in [2.45, 2.75) is 19.9 Å². The van der Waals surface area contributed by atoms with Crippen LogP contribution in [0.25, 0.3) is 0 Å². The summed E-state index contributed by atoms with van der Waals surface area (Å²) in [5.41, 5.74) is 1.44. The molecular formula is C17H20Cl2N2O4. The van der Waals surface area contributed by atoms with E-state index in [-0.39, 0.29) is 19.2 Å². The first-order chi connectivity index (χ1) is 11.9. The molecule has 0 radical (unpaired) electrons. The van der Waals surface area contributed by atoms with E-state index in [1.807, 2.05) is 6.92 Å². The molecule has 0 aromatic heterocycles. The molecule has 1 heterocycles. The minimum absolute atomic E-state index is 0.118. The molecule has 0 aliphatic carbocycles. The van der Waals surface area contributed by atoms with Gasteiger partial charge in [0.25, 0.3) is 0 Å². The Bertz CT molecular complexity index is 706. The van der Waals surface area contributed by atoms with Gasteiger partial charge in [-0.1, -0.05) is 29.3 Å². The average Bonchev–Trinajstić information content (AvgIpc) is 2.55. The van der Waals surface area contributed by atoms with Crippen molar-refractivity contribution in [2.75, 3.05) is 26.9 Å². The molecule has 0 bridgehead atoms. The van der Waals surface area contributed by atoms with Crippen LogP contribution in [0.4, 0.5) is 4.79 Å². The number of carbonyl (C=O) groups is 2. The van der Waals surface area contributed by atoms with Gasteiger partial charge < -0.3 is 14.8 Å². The van der Waals surface area contributed by atoms with Gasteiger partial charge in [0.15, 0.2) is 0 Å². The van der Waals surface area contributed by atoms with Crippen LogP contribution in [0, 0.1) is 0 Å². The van der Waals surface area contributed by atoms with Gasteiger partial charge in [0.05, 0.1) is 18.2 Å². The Balaban J connectivity index is 2.46. The summed E-state index contributed by atoms with van der Waals surface area (Å²) in [6.45, 7) is 4.37. The maximum atomic E-state index is 12.6. The summed E-state index contributed by atoms with van der Waals surface area (Å²) in [6.07, 6.45) is 0. The number of urea groups is 1. The van der Waals surface area contributed by atoms with E-state index in [0.717, 1.165) is 0 Å². The summed E-state index contributed by atoms with van der Waals surface area (Å²) in [5.74, 6) is -0.524. The number of rotatable bonds is 6. The Hall–Kier alpha value is -1.76. The van der Waals surface area contributed by atoms with Crippen molar-refractivity contribution in [1.82, 2.24) is 10.2 Å². The lowest BCUT2D eigenvalue weighted by molar-refractivity contribution is -0.140. The van der Waals surface area contributed by atoms with Crippen molar-refractivity contribution in [3.05, 3.63) is 45.1 Å². The summed E-state index contributed by atoms with van der Waals surface area (Å²) >= 11 is 12.2. The number of esters is 1. The van der Waals surface area contributed by atoms with E-state index in [0.29, 0.717) is 33.4 Å². The second kappa shape index (κ2) is 8.56. The fourth-order valence-electron chi connectivity index (χ4n) is 2.69. The Kier molecular flexibility index (Phi) is 6.70. The molecule has 136 valence electrons. The van der Waals surface area contributed by atoms with Gasteiger partial charge in [0, 0.05) is 29.4 Å². The molecule has 1 aromatic carbocycles. The molecule has 2 amide bonds. The zero-order chi connectivity index (χ0) is 18.6. The number of hydrogen-bond acceptors (Lipinski definition) is 4. The van der Waals surface area contributed by atoms with Gasteiger partial charge in [-0.25, -0.2) is 9.59 Å². The van der Waals surface area contributed by atoms with E-state index in [1.165, 1.54) is 12.0 Å². The summed E-state index contributed by atoms with van der Waals surface area (Å²) in [4.78, 5) is 26.5. The minimum atomic E-state index is -0.713. The maximum Gasteiger partial charge on any atom is 0.338 e. The molecule has 0 fully saturated rings. The quantitative estimate of drug-likeness (QED) is 0.599. The van der Waals surface area contributed by atoms with E-state index in [2.05, 4.69) is 5.32 Å².